The molecule has 0 fully saturated rings. The second kappa shape index (κ2) is 7.99. The van der Waals surface area contributed by atoms with Gasteiger partial charge in [-0.25, -0.2) is 9.78 Å². The van der Waals surface area contributed by atoms with Gasteiger partial charge >= 0.3 is 6.09 Å². The topological polar surface area (TPSA) is 98.5 Å². The second-order valence-corrected chi connectivity index (χ2v) is 6.37. The number of fused-ring (bicyclic) bond motifs is 1. The minimum absolute atomic E-state index is 0.116. The molecule has 0 saturated heterocycles. The Morgan fingerprint density at radius 1 is 1.40 bits per heavy atom. The summed E-state index contributed by atoms with van der Waals surface area (Å²) in [4.78, 5) is 19.3. The molecule has 138 valence electrons. The number of nitrogens with one attached hydrogen (secondary N) is 1. The molecule has 0 spiro atoms. The van der Waals surface area contributed by atoms with Crippen molar-refractivity contribution in [3.8, 4) is 0 Å². The highest BCUT2D eigenvalue weighted by Gasteiger charge is 2.30. The number of ether oxygens (including phenoxy) is 2. The normalized spacial score (nSPS) is 12.1. The van der Waals surface area contributed by atoms with Crippen LogP contribution in [0.2, 0.25) is 5.28 Å². The van der Waals surface area contributed by atoms with Crippen molar-refractivity contribution in [2.75, 3.05) is 19.8 Å². The molecule has 0 radical (unpaired) electrons. The molecular weight excluding hydrogens is 348 g/mol. The first-order valence-corrected chi connectivity index (χ1v) is 8.42. The monoisotopic (exact) mass is 370 g/mol. The number of hydrogen-bond acceptors (Lipinski definition) is 5. The summed E-state index contributed by atoms with van der Waals surface area (Å²) in [5, 5.41) is 12.3. The number of carbonyl (C=O) groups is 1. The quantitative estimate of drug-likeness (QED) is 0.547. The van der Waals surface area contributed by atoms with E-state index in [0.29, 0.717) is 18.9 Å². The molecule has 1 amide bonds. The Labute approximate surface area is 151 Å². The van der Waals surface area contributed by atoms with E-state index in [1.54, 1.807) is 6.20 Å². The molecule has 0 bridgehead atoms. The maximum absolute atomic E-state index is 10.9. The highest BCUT2D eigenvalue weighted by atomic mass is 35.5. The molecule has 9 heteroatoms. The van der Waals surface area contributed by atoms with Crippen molar-refractivity contribution in [1.29, 1.82) is 0 Å². The van der Waals surface area contributed by atoms with E-state index in [-0.39, 0.29) is 11.8 Å². The van der Waals surface area contributed by atoms with Crippen molar-refractivity contribution in [2.24, 2.45) is 0 Å². The SMILES string of the molecule is CCOC(OCC)c1cc2cnc(Cl)nc2n1C(C)(C)CNC(=O)O. The van der Waals surface area contributed by atoms with Gasteiger partial charge in [-0.05, 0) is 45.4 Å². The van der Waals surface area contributed by atoms with Crippen LogP contribution in [0.3, 0.4) is 0 Å². The minimum Gasteiger partial charge on any atom is -0.465 e. The highest BCUT2D eigenvalue weighted by molar-refractivity contribution is 6.28. The maximum atomic E-state index is 10.9. The van der Waals surface area contributed by atoms with E-state index in [4.69, 9.17) is 26.2 Å². The number of nitrogens with zero attached hydrogens (tertiary/aromatic N) is 3. The minimum atomic E-state index is -1.09. The van der Waals surface area contributed by atoms with Gasteiger partial charge in [-0.3, -0.25) is 0 Å². The van der Waals surface area contributed by atoms with Crippen LogP contribution in [-0.2, 0) is 15.0 Å². The van der Waals surface area contributed by atoms with Crippen molar-refractivity contribution < 1.29 is 19.4 Å². The van der Waals surface area contributed by atoms with Gasteiger partial charge in [-0.1, -0.05) is 0 Å². The summed E-state index contributed by atoms with van der Waals surface area (Å²) in [7, 11) is 0. The fraction of sp³-hybridized carbons (Fsp3) is 0.562. The Morgan fingerprint density at radius 3 is 2.60 bits per heavy atom. The van der Waals surface area contributed by atoms with Gasteiger partial charge in [0.25, 0.3) is 0 Å². The molecule has 0 aromatic carbocycles. The van der Waals surface area contributed by atoms with Crippen molar-refractivity contribution in [3.05, 3.63) is 23.2 Å². The summed E-state index contributed by atoms with van der Waals surface area (Å²) in [6, 6.07) is 1.88. The third-order valence-electron chi connectivity index (χ3n) is 3.70. The highest BCUT2D eigenvalue weighted by Crippen LogP contribution is 2.32. The first-order chi connectivity index (χ1) is 11.8. The summed E-state index contributed by atoms with van der Waals surface area (Å²) >= 11 is 5.97. The van der Waals surface area contributed by atoms with Crippen LogP contribution in [0.15, 0.2) is 12.3 Å². The molecule has 8 nitrogen and oxygen atoms in total. The average Bonchev–Trinajstić information content (AvgIpc) is 2.92. The van der Waals surface area contributed by atoms with E-state index < -0.39 is 17.9 Å². The number of rotatable bonds is 8. The van der Waals surface area contributed by atoms with Gasteiger partial charge in [-0.15, -0.1) is 0 Å². The Kier molecular flexibility index (Phi) is 6.21. The van der Waals surface area contributed by atoms with Gasteiger partial charge in [0.2, 0.25) is 5.28 Å². The number of hydrogen-bond donors (Lipinski definition) is 2. The molecule has 2 rings (SSSR count). The molecular formula is C16H23ClN4O4. The van der Waals surface area contributed by atoms with Crippen molar-refractivity contribution in [1.82, 2.24) is 19.9 Å². The lowest BCUT2D eigenvalue weighted by molar-refractivity contribution is -0.145. The fourth-order valence-corrected chi connectivity index (χ4v) is 2.82. The van der Waals surface area contributed by atoms with Crippen molar-refractivity contribution in [3.63, 3.8) is 0 Å². The molecule has 0 aliphatic heterocycles. The van der Waals surface area contributed by atoms with E-state index in [2.05, 4.69) is 15.3 Å². The molecule has 25 heavy (non-hydrogen) atoms. The van der Waals surface area contributed by atoms with Crippen LogP contribution < -0.4 is 5.32 Å². The van der Waals surface area contributed by atoms with E-state index in [1.807, 2.05) is 38.3 Å². The zero-order valence-corrected chi connectivity index (χ0v) is 15.5. The van der Waals surface area contributed by atoms with E-state index in [0.717, 1.165) is 11.1 Å². The lowest BCUT2D eigenvalue weighted by Gasteiger charge is -2.31. The summed E-state index contributed by atoms with van der Waals surface area (Å²) in [5.74, 6) is 0. The zero-order valence-electron chi connectivity index (χ0n) is 14.7. The molecule has 2 aromatic rings. The van der Waals surface area contributed by atoms with Crippen LogP contribution in [0.1, 0.15) is 39.7 Å². The lowest BCUT2D eigenvalue weighted by Crippen LogP contribution is -2.41. The van der Waals surface area contributed by atoms with Crippen LogP contribution in [0.25, 0.3) is 11.0 Å². The number of aromatic nitrogens is 3. The Hall–Kier alpha value is -1.90. The molecule has 0 unspecified atom stereocenters. The first kappa shape index (κ1) is 19.4. The maximum Gasteiger partial charge on any atom is 0.404 e. The first-order valence-electron chi connectivity index (χ1n) is 8.04. The standard InChI is InChI=1S/C16H23ClN4O4/c1-5-24-13(25-6-2)11-7-10-8-18-14(17)20-12(10)21(11)16(3,4)9-19-15(22)23/h7-8,13,19H,5-6,9H2,1-4H3,(H,22,23). The van der Waals surface area contributed by atoms with Gasteiger partial charge in [-0.2, -0.15) is 4.98 Å². The number of amides is 1. The van der Waals surface area contributed by atoms with Crippen molar-refractivity contribution in [2.45, 2.75) is 39.5 Å². The van der Waals surface area contributed by atoms with Gasteiger partial charge < -0.3 is 24.5 Å². The zero-order chi connectivity index (χ0) is 18.6. The molecule has 0 atom stereocenters. The van der Waals surface area contributed by atoms with Crippen LogP contribution >= 0.6 is 11.6 Å². The van der Waals surface area contributed by atoms with Gasteiger partial charge in [0.1, 0.15) is 5.65 Å². The number of carboxylic acid groups (broad SMARTS) is 1. The third kappa shape index (κ3) is 4.39. The predicted octanol–water partition coefficient (Wildman–Crippen LogP) is 3.16. The lowest BCUT2D eigenvalue weighted by atomic mass is 10.0. The van der Waals surface area contributed by atoms with Gasteiger partial charge in [0.15, 0.2) is 6.29 Å². The summed E-state index contributed by atoms with van der Waals surface area (Å²) in [6.07, 6.45) is -0.0719. The smallest absolute Gasteiger partial charge is 0.404 e. The van der Waals surface area contributed by atoms with Crippen LogP contribution in [-0.4, -0.2) is 45.5 Å². The Balaban J connectivity index is 2.61. The predicted molar refractivity (Wildman–Crippen MR) is 93.9 cm³/mol. The molecule has 0 aliphatic rings. The summed E-state index contributed by atoms with van der Waals surface area (Å²) in [6.45, 7) is 8.66. The average molecular weight is 371 g/mol. The van der Waals surface area contributed by atoms with Crippen molar-refractivity contribution >= 4 is 28.7 Å². The van der Waals surface area contributed by atoms with Gasteiger partial charge in [0, 0.05) is 31.3 Å². The molecule has 0 aliphatic carbocycles. The Morgan fingerprint density at radius 2 is 2.04 bits per heavy atom. The number of halogens is 1. The van der Waals surface area contributed by atoms with Crippen LogP contribution in [0, 0.1) is 0 Å². The fourth-order valence-electron chi connectivity index (χ4n) is 2.69. The third-order valence-corrected chi connectivity index (χ3v) is 3.88. The molecule has 0 saturated carbocycles. The molecule has 2 heterocycles. The Bertz CT molecular complexity index is 741. The molecule has 2 N–H and O–H groups in total. The summed E-state index contributed by atoms with van der Waals surface area (Å²) in [5.41, 5.74) is 0.684. The second-order valence-electron chi connectivity index (χ2n) is 6.04. The van der Waals surface area contributed by atoms with Crippen LogP contribution in [0.5, 0.6) is 0 Å². The van der Waals surface area contributed by atoms with Crippen LogP contribution in [0.4, 0.5) is 4.79 Å². The van der Waals surface area contributed by atoms with E-state index >= 15 is 0 Å². The van der Waals surface area contributed by atoms with Gasteiger partial charge in [0.05, 0.1) is 11.2 Å². The van der Waals surface area contributed by atoms with E-state index in [9.17, 15) is 4.79 Å². The largest absolute Gasteiger partial charge is 0.465 e. The van der Waals surface area contributed by atoms with E-state index in [1.165, 1.54) is 0 Å². The molecule has 2 aromatic heterocycles. The summed E-state index contributed by atoms with van der Waals surface area (Å²) < 4.78 is 13.3.